The molecule has 0 N–H and O–H groups in total. The van der Waals surface area contributed by atoms with Crippen LogP contribution in [0.3, 0.4) is 0 Å². The summed E-state index contributed by atoms with van der Waals surface area (Å²) < 4.78 is 12.7. The van der Waals surface area contributed by atoms with Crippen LogP contribution < -0.4 is 9.64 Å². The number of carbonyl (C=O) groups is 1. The van der Waals surface area contributed by atoms with Gasteiger partial charge in [0.1, 0.15) is 5.75 Å². The molecule has 30 heavy (non-hydrogen) atoms. The summed E-state index contributed by atoms with van der Waals surface area (Å²) in [6.45, 7) is 6.11. The van der Waals surface area contributed by atoms with E-state index in [-0.39, 0.29) is 12.0 Å². The van der Waals surface area contributed by atoms with Crippen molar-refractivity contribution in [2.24, 2.45) is 0 Å². The Bertz CT molecular complexity index is 1010. The molecule has 1 aliphatic heterocycles. The average molecular weight is 425 g/mol. The quantitative estimate of drug-likeness (QED) is 0.441. The summed E-state index contributed by atoms with van der Waals surface area (Å²) in [4.78, 5) is 20.2. The first kappa shape index (κ1) is 20.8. The first-order valence-electron chi connectivity index (χ1n) is 10.7. The lowest BCUT2D eigenvalue weighted by Crippen LogP contribution is -2.37. The van der Waals surface area contributed by atoms with E-state index < -0.39 is 0 Å². The van der Waals surface area contributed by atoms with Crippen molar-refractivity contribution < 1.29 is 14.3 Å². The van der Waals surface area contributed by atoms with Gasteiger partial charge in [0.25, 0.3) is 5.91 Å². The third kappa shape index (κ3) is 4.65. The smallest absolute Gasteiger partial charge is 0.260 e. The summed E-state index contributed by atoms with van der Waals surface area (Å²) in [7, 11) is 0. The molecule has 4 rings (SSSR count). The highest BCUT2D eigenvalue weighted by Gasteiger charge is 2.27. The van der Waals surface area contributed by atoms with Gasteiger partial charge in [-0.3, -0.25) is 9.69 Å². The molecule has 1 unspecified atom stereocenters. The number of aryl methyl sites for hydroxylation is 1. The first-order valence-corrected chi connectivity index (χ1v) is 11.5. The Kier molecular flexibility index (Phi) is 6.65. The maximum atomic E-state index is 13.6. The van der Waals surface area contributed by atoms with E-state index in [1.165, 1.54) is 0 Å². The molecule has 1 amide bonds. The minimum absolute atomic E-state index is 0.0473. The Morgan fingerprint density at radius 3 is 2.93 bits per heavy atom. The van der Waals surface area contributed by atoms with E-state index in [4.69, 9.17) is 14.5 Å². The van der Waals surface area contributed by atoms with Crippen molar-refractivity contribution in [3.8, 4) is 5.75 Å². The van der Waals surface area contributed by atoms with Crippen LogP contribution in [-0.2, 0) is 4.74 Å². The van der Waals surface area contributed by atoms with E-state index in [2.05, 4.69) is 26.0 Å². The van der Waals surface area contributed by atoms with Gasteiger partial charge in [0, 0.05) is 12.2 Å². The average Bonchev–Trinajstić information content (AvgIpc) is 3.42. The molecule has 1 atom stereocenters. The highest BCUT2D eigenvalue weighted by molar-refractivity contribution is 7.22. The summed E-state index contributed by atoms with van der Waals surface area (Å²) in [6.07, 6.45) is 4.12. The van der Waals surface area contributed by atoms with Gasteiger partial charge in [-0.05, 0) is 56.0 Å². The van der Waals surface area contributed by atoms with E-state index in [0.29, 0.717) is 18.7 Å². The monoisotopic (exact) mass is 424 g/mol. The number of nitrogens with zero attached hydrogens (tertiary/aromatic N) is 2. The summed E-state index contributed by atoms with van der Waals surface area (Å²) in [5.41, 5.74) is 2.68. The first-order chi connectivity index (χ1) is 14.7. The van der Waals surface area contributed by atoms with E-state index in [9.17, 15) is 4.79 Å². The molecular formula is C24H28N2O3S. The van der Waals surface area contributed by atoms with Crippen LogP contribution in [0, 0.1) is 6.92 Å². The highest BCUT2D eigenvalue weighted by atomic mass is 32.1. The van der Waals surface area contributed by atoms with Gasteiger partial charge in [-0.2, -0.15) is 0 Å². The molecule has 1 saturated heterocycles. The molecule has 3 aromatic rings. The fourth-order valence-electron chi connectivity index (χ4n) is 3.64. The molecule has 2 aromatic carbocycles. The van der Waals surface area contributed by atoms with Crippen molar-refractivity contribution in [2.75, 3.05) is 24.7 Å². The zero-order valence-corrected chi connectivity index (χ0v) is 18.4. The molecule has 0 bridgehead atoms. The van der Waals surface area contributed by atoms with Gasteiger partial charge in [0.15, 0.2) is 5.13 Å². The summed E-state index contributed by atoms with van der Waals surface area (Å²) >= 11 is 1.55. The van der Waals surface area contributed by atoms with Crippen LogP contribution in [0.15, 0.2) is 42.5 Å². The number of para-hydroxylation sites is 1. The second-order valence-corrected chi connectivity index (χ2v) is 8.71. The number of hydrogen-bond acceptors (Lipinski definition) is 5. The third-order valence-corrected chi connectivity index (χ3v) is 6.39. The lowest BCUT2D eigenvalue weighted by atomic mass is 10.1. The van der Waals surface area contributed by atoms with Gasteiger partial charge >= 0.3 is 0 Å². The van der Waals surface area contributed by atoms with Crippen molar-refractivity contribution in [1.82, 2.24) is 4.98 Å². The van der Waals surface area contributed by atoms with Crippen molar-refractivity contribution >= 4 is 32.6 Å². The van der Waals surface area contributed by atoms with Crippen LogP contribution >= 0.6 is 11.3 Å². The second kappa shape index (κ2) is 9.58. The number of hydrogen-bond donors (Lipinski definition) is 0. The number of anilines is 1. The second-order valence-electron chi connectivity index (χ2n) is 7.70. The lowest BCUT2D eigenvalue weighted by molar-refractivity contribution is 0.0917. The SMILES string of the molecule is CCCCOc1cccc(C(=O)N(CC2CCCO2)c2nc3c(C)cccc3s2)c1. The molecule has 2 heterocycles. The predicted octanol–water partition coefficient (Wildman–Crippen LogP) is 5.61. The highest BCUT2D eigenvalue weighted by Crippen LogP contribution is 2.32. The Balaban J connectivity index is 1.64. The number of thiazole rings is 1. The van der Waals surface area contributed by atoms with Crippen molar-refractivity contribution in [3.05, 3.63) is 53.6 Å². The fraction of sp³-hybridized carbons (Fsp3) is 0.417. The fourth-order valence-corrected chi connectivity index (χ4v) is 4.69. The minimum atomic E-state index is -0.0665. The Labute approximate surface area is 181 Å². The summed E-state index contributed by atoms with van der Waals surface area (Å²) in [6, 6.07) is 13.6. The normalized spacial score (nSPS) is 16.1. The number of amides is 1. The van der Waals surface area contributed by atoms with E-state index in [1.54, 1.807) is 16.2 Å². The molecule has 1 aromatic heterocycles. The lowest BCUT2D eigenvalue weighted by Gasteiger charge is -2.23. The maximum absolute atomic E-state index is 13.6. The van der Waals surface area contributed by atoms with Crippen molar-refractivity contribution in [2.45, 2.75) is 45.6 Å². The maximum Gasteiger partial charge on any atom is 0.260 e. The molecule has 1 aliphatic rings. The molecule has 0 spiro atoms. The largest absolute Gasteiger partial charge is 0.494 e. The number of aromatic nitrogens is 1. The van der Waals surface area contributed by atoms with E-state index in [0.717, 1.165) is 59.0 Å². The van der Waals surface area contributed by atoms with Gasteiger partial charge < -0.3 is 9.47 Å². The number of rotatable bonds is 8. The molecule has 0 saturated carbocycles. The molecule has 6 heteroatoms. The number of benzene rings is 2. The zero-order valence-electron chi connectivity index (χ0n) is 17.6. The van der Waals surface area contributed by atoms with Gasteiger partial charge in [-0.25, -0.2) is 4.98 Å². The number of carbonyl (C=O) groups excluding carboxylic acids is 1. The third-order valence-electron chi connectivity index (χ3n) is 5.34. The molecule has 5 nitrogen and oxygen atoms in total. The molecule has 1 fully saturated rings. The number of fused-ring (bicyclic) bond motifs is 1. The van der Waals surface area contributed by atoms with Gasteiger partial charge in [-0.1, -0.05) is 42.9 Å². The standard InChI is InChI=1S/C24H28N2O3S/c1-3-4-13-28-19-10-6-9-18(15-19)23(27)26(16-20-11-7-14-29-20)24-25-22-17(2)8-5-12-21(22)30-24/h5-6,8-10,12,15,20H,3-4,7,11,13-14,16H2,1-2H3. The summed E-state index contributed by atoms with van der Waals surface area (Å²) in [5.74, 6) is 0.662. The molecular weight excluding hydrogens is 396 g/mol. The van der Waals surface area contributed by atoms with Gasteiger partial charge in [-0.15, -0.1) is 0 Å². The van der Waals surface area contributed by atoms with Crippen LogP contribution in [0.5, 0.6) is 5.75 Å². The Morgan fingerprint density at radius 1 is 1.30 bits per heavy atom. The predicted molar refractivity (Wildman–Crippen MR) is 122 cm³/mol. The Hall–Kier alpha value is -2.44. The van der Waals surface area contributed by atoms with E-state index >= 15 is 0 Å². The van der Waals surface area contributed by atoms with E-state index in [1.807, 2.05) is 30.3 Å². The number of unbranched alkanes of at least 4 members (excludes halogenated alkanes) is 1. The number of ether oxygens (including phenoxy) is 2. The van der Waals surface area contributed by atoms with Crippen LogP contribution in [-0.4, -0.2) is 36.8 Å². The van der Waals surface area contributed by atoms with Crippen LogP contribution in [0.4, 0.5) is 5.13 Å². The van der Waals surface area contributed by atoms with Crippen LogP contribution in [0.25, 0.3) is 10.2 Å². The Morgan fingerprint density at radius 2 is 2.17 bits per heavy atom. The molecule has 0 radical (unpaired) electrons. The van der Waals surface area contributed by atoms with Crippen LogP contribution in [0.1, 0.15) is 48.5 Å². The molecule has 158 valence electrons. The minimum Gasteiger partial charge on any atom is -0.494 e. The topological polar surface area (TPSA) is 51.7 Å². The summed E-state index contributed by atoms with van der Waals surface area (Å²) in [5, 5.41) is 0.720. The van der Waals surface area contributed by atoms with Crippen molar-refractivity contribution in [1.29, 1.82) is 0 Å². The van der Waals surface area contributed by atoms with Gasteiger partial charge in [0.2, 0.25) is 0 Å². The van der Waals surface area contributed by atoms with Crippen LogP contribution in [0.2, 0.25) is 0 Å². The zero-order chi connectivity index (χ0) is 20.9. The van der Waals surface area contributed by atoms with Crippen molar-refractivity contribution in [3.63, 3.8) is 0 Å². The van der Waals surface area contributed by atoms with Gasteiger partial charge in [0.05, 0.1) is 29.5 Å². The molecule has 0 aliphatic carbocycles.